The van der Waals surface area contributed by atoms with E-state index in [1.807, 2.05) is 11.8 Å². The number of hydrogen-bond donors (Lipinski definition) is 1. The number of para-hydroxylation sites is 1. The molecule has 1 atom stereocenters. The number of rotatable bonds is 2. The van der Waals surface area contributed by atoms with Gasteiger partial charge in [0.1, 0.15) is 10.7 Å². The number of thioether (sulfide) groups is 1. The number of H-pyrrole nitrogens is 1. The Morgan fingerprint density at radius 3 is 3.12 bits per heavy atom. The largest absolute Gasteiger partial charge is 0.363 e. The van der Waals surface area contributed by atoms with E-state index in [2.05, 4.69) is 41.1 Å². The van der Waals surface area contributed by atoms with Crippen LogP contribution in [0.1, 0.15) is 36.0 Å². The van der Waals surface area contributed by atoms with Gasteiger partial charge in [0, 0.05) is 21.6 Å². The van der Waals surface area contributed by atoms with Crippen LogP contribution in [0.25, 0.3) is 10.2 Å². The van der Waals surface area contributed by atoms with Gasteiger partial charge in [0.25, 0.3) is 5.56 Å². The molecule has 0 saturated heterocycles. The van der Waals surface area contributed by atoms with Gasteiger partial charge in [-0.3, -0.25) is 4.79 Å². The van der Waals surface area contributed by atoms with Crippen LogP contribution in [0.5, 0.6) is 0 Å². The highest BCUT2D eigenvalue weighted by Gasteiger charge is 2.23. The van der Waals surface area contributed by atoms with Gasteiger partial charge in [0.2, 0.25) is 0 Å². The topological polar surface area (TPSA) is 49.0 Å². The van der Waals surface area contributed by atoms with Gasteiger partial charge in [-0.15, -0.1) is 23.1 Å². The number of benzene rings is 1. The second kappa shape index (κ2) is 6.43. The van der Waals surface area contributed by atoms with Crippen LogP contribution >= 0.6 is 23.1 Å². The Hall–Kier alpha value is -1.79. The molecule has 0 radical (unpaired) electrons. The maximum Gasteiger partial charge on any atom is 0.259 e. The standard InChI is InChI=1S/C20H21N3OS2/c1-12-9-10-23(14-6-2-3-7-16(14)25-12)11-17-21-19(24)18-13-5-4-8-15(13)26-20(18)22-17/h2-3,6-7,12H,4-5,8-11H2,1H3,(H,21,22,24). The molecular formula is C20H21N3OS2. The third-order valence-corrected chi connectivity index (χ3v) is 7.73. The zero-order valence-corrected chi connectivity index (χ0v) is 16.4. The molecule has 1 aliphatic heterocycles. The van der Waals surface area contributed by atoms with Crippen LogP contribution in [0.2, 0.25) is 0 Å². The first kappa shape index (κ1) is 16.4. The molecule has 134 valence electrons. The molecule has 5 rings (SSSR count). The van der Waals surface area contributed by atoms with E-state index in [0.29, 0.717) is 11.8 Å². The SMILES string of the molecule is CC1CCN(Cc2nc3sc4c(c3c(=O)[nH]2)CCC4)c2ccccc2S1. The summed E-state index contributed by atoms with van der Waals surface area (Å²) >= 11 is 3.65. The second-order valence-electron chi connectivity index (χ2n) is 7.16. The minimum atomic E-state index is 0.0373. The minimum Gasteiger partial charge on any atom is -0.363 e. The van der Waals surface area contributed by atoms with Crippen LogP contribution in [-0.4, -0.2) is 21.8 Å². The summed E-state index contributed by atoms with van der Waals surface area (Å²) in [6.07, 6.45) is 4.41. The predicted molar refractivity (Wildman–Crippen MR) is 110 cm³/mol. The van der Waals surface area contributed by atoms with Crippen molar-refractivity contribution < 1.29 is 0 Å². The van der Waals surface area contributed by atoms with Crippen LogP contribution in [0.15, 0.2) is 34.0 Å². The summed E-state index contributed by atoms with van der Waals surface area (Å²) in [4.78, 5) is 26.6. The number of nitrogens with zero attached hydrogens (tertiary/aromatic N) is 2. The van der Waals surface area contributed by atoms with Gasteiger partial charge in [0.15, 0.2) is 0 Å². The van der Waals surface area contributed by atoms with Gasteiger partial charge in [-0.25, -0.2) is 4.98 Å². The lowest BCUT2D eigenvalue weighted by atomic mass is 10.2. The molecule has 6 heteroatoms. The summed E-state index contributed by atoms with van der Waals surface area (Å²) in [5, 5.41) is 1.43. The quantitative estimate of drug-likeness (QED) is 0.714. The molecule has 1 aromatic carbocycles. The third-order valence-electron chi connectivity index (χ3n) is 5.30. The van der Waals surface area contributed by atoms with E-state index >= 15 is 0 Å². The Morgan fingerprint density at radius 2 is 2.19 bits per heavy atom. The van der Waals surface area contributed by atoms with Gasteiger partial charge in [-0.1, -0.05) is 19.1 Å². The molecule has 4 nitrogen and oxygen atoms in total. The molecule has 26 heavy (non-hydrogen) atoms. The average Bonchev–Trinajstić information content (AvgIpc) is 3.15. The van der Waals surface area contributed by atoms with Crippen LogP contribution in [0.3, 0.4) is 0 Å². The smallest absolute Gasteiger partial charge is 0.259 e. The first-order chi connectivity index (χ1) is 12.7. The number of aromatic nitrogens is 2. The summed E-state index contributed by atoms with van der Waals surface area (Å²) in [7, 11) is 0. The summed E-state index contributed by atoms with van der Waals surface area (Å²) in [6.45, 7) is 3.91. The molecule has 2 aromatic heterocycles. The van der Waals surface area contributed by atoms with Crippen molar-refractivity contribution in [2.45, 2.75) is 49.3 Å². The van der Waals surface area contributed by atoms with E-state index in [0.717, 1.165) is 41.8 Å². The molecule has 0 saturated carbocycles. The molecule has 0 fully saturated rings. The van der Waals surface area contributed by atoms with Crippen LogP contribution in [-0.2, 0) is 19.4 Å². The fourth-order valence-electron chi connectivity index (χ4n) is 4.02. The van der Waals surface area contributed by atoms with E-state index in [-0.39, 0.29) is 5.56 Å². The van der Waals surface area contributed by atoms with E-state index in [9.17, 15) is 4.79 Å². The maximum atomic E-state index is 12.7. The van der Waals surface area contributed by atoms with Crippen LogP contribution in [0.4, 0.5) is 5.69 Å². The second-order valence-corrected chi connectivity index (χ2v) is 9.72. The zero-order valence-electron chi connectivity index (χ0n) is 14.7. The molecule has 1 aliphatic carbocycles. The Balaban J connectivity index is 1.53. The van der Waals surface area contributed by atoms with Gasteiger partial charge >= 0.3 is 0 Å². The number of nitrogens with one attached hydrogen (secondary N) is 1. The molecule has 0 amide bonds. The lowest BCUT2D eigenvalue weighted by molar-refractivity contribution is 0.709. The van der Waals surface area contributed by atoms with Crippen LogP contribution < -0.4 is 10.5 Å². The number of hydrogen-bond acceptors (Lipinski definition) is 5. The van der Waals surface area contributed by atoms with Gasteiger partial charge in [0.05, 0.1) is 17.6 Å². The number of thiophene rings is 1. The zero-order chi connectivity index (χ0) is 17.7. The Kier molecular flexibility index (Phi) is 4.05. The number of aryl methyl sites for hydroxylation is 2. The Labute approximate surface area is 160 Å². The maximum absolute atomic E-state index is 12.7. The van der Waals surface area contributed by atoms with Crippen molar-refractivity contribution in [3.63, 3.8) is 0 Å². The molecule has 1 unspecified atom stereocenters. The van der Waals surface area contributed by atoms with Gasteiger partial charge in [-0.2, -0.15) is 0 Å². The van der Waals surface area contributed by atoms with Crippen molar-refractivity contribution >= 4 is 39.0 Å². The highest BCUT2D eigenvalue weighted by Crippen LogP contribution is 2.38. The van der Waals surface area contributed by atoms with Crippen LogP contribution in [0, 0.1) is 0 Å². The summed E-state index contributed by atoms with van der Waals surface area (Å²) in [5.74, 6) is 0.775. The molecular weight excluding hydrogens is 362 g/mol. The molecule has 3 heterocycles. The fourth-order valence-corrected chi connectivity index (χ4v) is 6.43. The van der Waals surface area contributed by atoms with Crippen molar-refractivity contribution in [2.75, 3.05) is 11.4 Å². The lowest BCUT2D eigenvalue weighted by Crippen LogP contribution is -2.27. The summed E-state index contributed by atoms with van der Waals surface area (Å²) in [5.41, 5.74) is 2.53. The monoisotopic (exact) mass is 383 g/mol. The van der Waals surface area contributed by atoms with Crippen molar-refractivity contribution in [2.24, 2.45) is 0 Å². The van der Waals surface area contributed by atoms with E-state index in [4.69, 9.17) is 4.98 Å². The molecule has 0 spiro atoms. The normalized spacial score (nSPS) is 19.4. The van der Waals surface area contributed by atoms with Crippen molar-refractivity contribution in [3.8, 4) is 0 Å². The van der Waals surface area contributed by atoms with E-state index in [1.165, 1.54) is 27.4 Å². The number of aromatic amines is 1. The molecule has 1 N–H and O–H groups in total. The van der Waals surface area contributed by atoms with Crippen molar-refractivity contribution in [1.82, 2.24) is 9.97 Å². The summed E-state index contributed by atoms with van der Waals surface area (Å²) in [6, 6.07) is 8.56. The Morgan fingerprint density at radius 1 is 1.31 bits per heavy atom. The molecule has 2 aliphatic rings. The Bertz CT molecular complexity index is 1040. The average molecular weight is 384 g/mol. The van der Waals surface area contributed by atoms with Crippen molar-refractivity contribution in [3.05, 3.63) is 50.9 Å². The molecule has 3 aromatic rings. The first-order valence-corrected chi connectivity index (χ1v) is 10.9. The fraction of sp³-hybridized carbons (Fsp3) is 0.400. The predicted octanol–water partition coefficient (Wildman–Crippen LogP) is 4.36. The first-order valence-electron chi connectivity index (χ1n) is 9.23. The minimum absolute atomic E-state index is 0.0373. The molecule has 0 bridgehead atoms. The lowest BCUT2D eigenvalue weighted by Gasteiger charge is -2.23. The van der Waals surface area contributed by atoms with Crippen molar-refractivity contribution in [1.29, 1.82) is 0 Å². The van der Waals surface area contributed by atoms with E-state index in [1.54, 1.807) is 11.3 Å². The third kappa shape index (κ3) is 2.76. The van der Waals surface area contributed by atoms with Gasteiger partial charge < -0.3 is 9.88 Å². The van der Waals surface area contributed by atoms with Gasteiger partial charge in [-0.05, 0) is 43.4 Å². The highest BCUT2D eigenvalue weighted by atomic mass is 32.2. The number of fused-ring (bicyclic) bond motifs is 4. The highest BCUT2D eigenvalue weighted by molar-refractivity contribution is 8.00. The van der Waals surface area contributed by atoms with E-state index < -0.39 is 0 Å². The number of anilines is 1. The summed E-state index contributed by atoms with van der Waals surface area (Å²) < 4.78 is 0.